The highest BCUT2D eigenvalue weighted by Crippen LogP contribution is 2.18. The van der Waals surface area contributed by atoms with Gasteiger partial charge in [0.15, 0.2) is 0 Å². The van der Waals surface area contributed by atoms with Gasteiger partial charge in [-0.1, -0.05) is 18.2 Å². The lowest BCUT2D eigenvalue weighted by Gasteiger charge is -2.17. The number of halogens is 1. The van der Waals surface area contributed by atoms with Crippen molar-refractivity contribution < 1.29 is 17.0 Å². The normalized spacial score (nSPS) is 15.8. The van der Waals surface area contributed by atoms with E-state index in [-0.39, 0.29) is 6.42 Å². The van der Waals surface area contributed by atoms with E-state index in [9.17, 15) is 12.3 Å². The molecule has 0 bridgehead atoms. The van der Waals surface area contributed by atoms with Gasteiger partial charge in [-0.05, 0) is 29.5 Å². The largest absolute Gasteiger partial charge is 0.376 e. The van der Waals surface area contributed by atoms with E-state index in [4.69, 9.17) is 4.74 Å². The zero-order chi connectivity index (χ0) is 11.6. The van der Waals surface area contributed by atoms with E-state index in [0.717, 1.165) is 17.5 Å². The maximum absolute atomic E-state index is 12.4. The molecule has 88 valence electrons. The zero-order valence-electron chi connectivity index (χ0n) is 8.78. The molecular formula is C11H13FO3S. The maximum atomic E-state index is 12.4. The fraction of sp³-hybridized carbons (Fsp3) is 0.455. The van der Waals surface area contributed by atoms with Crippen LogP contribution in [0, 0.1) is 0 Å². The van der Waals surface area contributed by atoms with E-state index in [1.165, 1.54) is 5.56 Å². The number of hydrogen-bond donors (Lipinski definition) is 0. The van der Waals surface area contributed by atoms with E-state index in [2.05, 4.69) is 0 Å². The van der Waals surface area contributed by atoms with Crippen LogP contribution in [0.4, 0.5) is 3.89 Å². The summed E-state index contributed by atoms with van der Waals surface area (Å²) in [5.41, 5.74) is 3.18. The first-order valence-corrected chi connectivity index (χ1v) is 6.70. The number of benzene rings is 1. The molecule has 0 N–H and O–H groups in total. The molecule has 1 heterocycles. The Balaban J connectivity index is 2.11. The highest BCUT2D eigenvalue weighted by Gasteiger charge is 2.11. The van der Waals surface area contributed by atoms with Crippen molar-refractivity contribution in [2.24, 2.45) is 0 Å². The van der Waals surface area contributed by atoms with Gasteiger partial charge >= 0.3 is 10.2 Å². The lowest BCUT2D eigenvalue weighted by atomic mass is 9.99. The molecule has 1 aromatic rings. The van der Waals surface area contributed by atoms with Crippen LogP contribution in [0.5, 0.6) is 0 Å². The van der Waals surface area contributed by atoms with Gasteiger partial charge < -0.3 is 4.74 Å². The molecule has 0 fully saturated rings. The Labute approximate surface area is 94.5 Å². The molecule has 16 heavy (non-hydrogen) atoms. The van der Waals surface area contributed by atoms with Gasteiger partial charge in [-0.3, -0.25) is 0 Å². The van der Waals surface area contributed by atoms with Crippen molar-refractivity contribution in [3.63, 3.8) is 0 Å². The third-order valence-corrected chi connectivity index (χ3v) is 3.37. The second-order valence-electron chi connectivity index (χ2n) is 3.90. The Bertz CT molecular complexity index is 482. The minimum Gasteiger partial charge on any atom is -0.376 e. The molecule has 1 aliphatic rings. The third-order valence-electron chi connectivity index (χ3n) is 2.68. The molecule has 5 heteroatoms. The highest BCUT2D eigenvalue weighted by molar-refractivity contribution is 7.86. The molecule has 3 nitrogen and oxygen atoms in total. The molecule has 1 aliphatic heterocycles. The summed E-state index contributed by atoms with van der Waals surface area (Å²) in [6, 6.07) is 5.70. The Hall–Kier alpha value is -0.940. The summed E-state index contributed by atoms with van der Waals surface area (Å²) >= 11 is 0. The third kappa shape index (κ3) is 3.02. The average molecular weight is 244 g/mol. The van der Waals surface area contributed by atoms with Crippen molar-refractivity contribution >= 4 is 10.2 Å². The molecule has 0 saturated heterocycles. The summed E-state index contributed by atoms with van der Waals surface area (Å²) in [7, 11) is -4.37. The molecule has 0 unspecified atom stereocenters. The van der Waals surface area contributed by atoms with Crippen LogP contribution in [0.3, 0.4) is 0 Å². The van der Waals surface area contributed by atoms with Crippen LogP contribution >= 0.6 is 0 Å². The quantitative estimate of drug-likeness (QED) is 0.758. The smallest absolute Gasteiger partial charge is 0.302 e. The molecule has 0 aliphatic carbocycles. The van der Waals surface area contributed by atoms with Crippen molar-refractivity contribution in [2.45, 2.75) is 19.4 Å². The Morgan fingerprint density at radius 2 is 2.12 bits per heavy atom. The van der Waals surface area contributed by atoms with Crippen LogP contribution in [-0.2, 0) is 34.4 Å². The lowest BCUT2D eigenvalue weighted by Crippen LogP contribution is -2.10. The minimum atomic E-state index is -4.37. The van der Waals surface area contributed by atoms with E-state index in [1.54, 1.807) is 0 Å². The first-order chi connectivity index (χ1) is 7.54. The predicted octanol–water partition coefficient (Wildman–Crippen LogP) is 1.60. The highest BCUT2D eigenvalue weighted by atomic mass is 32.3. The number of fused-ring (bicyclic) bond motifs is 1. The summed E-state index contributed by atoms with van der Waals surface area (Å²) in [6.45, 7) is 1.30. The van der Waals surface area contributed by atoms with E-state index < -0.39 is 16.0 Å². The SMILES string of the molecule is O=S(=O)(F)CCc1ccc2c(c1)CCOC2. The Morgan fingerprint density at radius 3 is 2.88 bits per heavy atom. The van der Waals surface area contributed by atoms with Gasteiger partial charge in [-0.2, -0.15) is 8.42 Å². The van der Waals surface area contributed by atoms with Crippen LogP contribution in [0.2, 0.25) is 0 Å². The second kappa shape index (κ2) is 4.51. The van der Waals surface area contributed by atoms with Gasteiger partial charge in [0.1, 0.15) is 0 Å². The molecule has 0 atom stereocenters. The maximum Gasteiger partial charge on any atom is 0.302 e. The van der Waals surface area contributed by atoms with Gasteiger partial charge in [-0.25, -0.2) is 0 Å². The van der Waals surface area contributed by atoms with Gasteiger partial charge in [-0.15, -0.1) is 3.89 Å². The summed E-state index contributed by atoms with van der Waals surface area (Å²) in [5.74, 6) is -0.442. The molecule has 0 spiro atoms. The first kappa shape index (κ1) is 11.5. The molecule has 1 aromatic carbocycles. The van der Waals surface area contributed by atoms with Crippen molar-refractivity contribution in [2.75, 3.05) is 12.4 Å². The van der Waals surface area contributed by atoms with E-state index in [1.807, 2.05) is 18.2 Å². The van der Waals surface area contributed by atoms with Gasteiger partial charge in [0.2, 0.25) is 0 Å². The zero-order valence-corrected chi connectivity index (χ0v) is 9.60. The summed E-state index contributed by atoms with van der Waals surface area (Å²) in [5, 5.41) is 0. The molecular weight excluding hydrogens is 231 g/mol. The number of ether oxygens (including phenoxy) is 1. The molecule has 2 rings (SSSR count). The van der Waals surface area contributed by atoms with Crippen LogP contribution in [0.1, 0.15) is 16.7 Å². The van der Waals surface area contributed by atoms with Crippen molar-refractivity contribution in [1.29, 1.82) is 0 Å². The molecule has 0 saturated carbocycles. The number of aryl methyl sites for hydroxylation is 1. The lowest BCUT2D eigenvalue weighted by molar-refractivity contribution is 0.110. The van der Waals surface area contributed by atoms with Crippen LogP contribution < -0.4 is 0 Å². The van der Waals surface area contributed by atoms with E-state index >= 15 is 0 Å². The monoisotopic (exact) mass is 244 g/mol. The Morgan fingerprint density at radius 1 is 1.31 bits per heavy atom. The summed E-state index contributed by atoms with van der Waals surface area (Å²) < 4.78 is 38.5. The fourth-order valence-electron chi connectivity index (χ4n) is 1.81. The molecule has 0 radical (unpaired) electrons. The standard InChI is InChI=1S/C11H13FO3S/c12-16(13,14)6-4-9-1-2-11-8-15-5-3-10(11)7-9/h1-2,7H,3-6,8H2. The van der Waals surface area contributed by atoms with Gasteiger partial charge in [0, 0.05) is 0 Å². The number of rotatable bonds is 3. The van der Waals surface area contributed by atoms with Crippen LogP contribution in [-0.4, -0.2) is 20.8 Å². The first-order valence-electron chi connectivity index (χ1n) is 5.15. The average Bonchev–Trinajstić information content (AvgIpc) is 2.25. The van der Waals surface area contributed by atoms with Crippen molar-refractivity contribution in [1.82, 2.24) is 0 Å². The number of hydrogen-bond acceptors (Lipinski definition) is 3. The predicted molar refractivity (Wildman–Crippen MR) is 58.4 cm³/mol. The van der Waals surface area contributed by atoms with Gasteiger partial charge in [0.25, 0.3) is 0 Å². The van der Waals surface area contributed by atoms with E-state index in [0.29, 0.717) is 13.2 Å². The van der Waals surface area contributed by atoms with Crippen LogP contribution in [0.25, 0.3) is 0 Å². The molecule has 0 amide bonds. The Kier molecular flexibility index (Phi) is 3.25. The minimum absolute atomic E-state index is 0.229. The van der Waals surface area contributed by atoms with Gasteiger partial charge in [0.05, 0.1) is 19.0 Å². The fourth-order valence-corrected chi connectivity index (χ4v) is 2.29. The van der Waals surface area contributed by atoms with Crippen LogP contribution in [0.15, 0.2) is 18.2 Å². The van der Waals surface area contributed by atoms with Crippen molar-refractivity contribution in [3.8, 4) is 0 Å². The topological polar surface area (TPSA) is 43.4 Å². The second-order valence-corrected chi connectivity index (χ2v) is 5.38. The summed E-state index contributed by atoms with van der Waals surface area (Å²) in [6.07, 6.45) is 1.07. The summed E-state index contributed by atoms with van der Waals surface area (Å²) in [4.78, 5) is 0. The molecule has 0 aromatic heterocycles. The van der Waals surface area contributed by atoms with Crippen molar-refractivity contribution in [3.05, 3.63) is 34.9 Å².